The second kappa shape index (κ2) is 9.14. The van der Waals surface area contributed by atoms with Crippen LogP contribution in [0.3, 0.4) is 0 Å². The van der Waals surface area contributed by atoms with E-state index in [4.69, 9.17) is 25.5 Å². The quantitative estimate of drug-likeness (QED) is 0.299. The zero-order valence-corrected chi connectivity index (χ0v) is 17.5. The molecule has 0 aliphatic rings. The second-order valence-corrected chi connectivity index (χ2v) is 7.48. The van der Waals surface area contributed by atoms with Crippen molar-refractivity contribution in [2.45, 2.75) is 40.2 Å². The third kappa shape index (κ3) is 5.39. The number of esters is 1. The van der Waals surface area contributed by atoms with E-state index in [0.717, 1.165) is 27.8 Å². The Labute approximate surface area is 174 Å². The van der Waals surface area contributed by atoms with Gasteiger partial charge >= 0.3 is 11.6 Å². The van der Waals surface area contributed by atoms with Crippen LogP contribution in [0.25, 0.3) is 11.0 Å². The number of rotatable bonds is 7. The van der Waals surface area contributed by atoms with Crippen LogP contribution in [-0.4, -0.2) is 12.6 Å². The molecule has 3 aromatic rings. The molecule has 6 heteroatoms. The van der Waals surface area contributed by atoms with Crippen molar-refractivity contribution in [3.63, 3.8) is 0 Å². The van der Waals surface area contributed by atoms with Crippen LogP contribution in [0.15, 0.2) is 45.6 Å². The molecular weight excluding hydrogens is 392 g/mol. The number of halogens is 1. The largest absolute Gasteiger partial charge is 0.493 e. The molecule has 2 aromatic carbocycles. The Hall–Kier alpha value is -2.79. The number of hydrogen-bond donors (Lipinski definition) is 0. The molecule has 1 heterocycles. The molecule has 0 aliphatic heterocycles. The highest BCUT2D eigenvalue weighted by atomic mass is 35.5. The molecule has 0 spiro atoms. The molecule has 0 atom stereocenters. The summed E-state index contributed by atoms with van der Waals surface area (Å²) in [6.45, 7) is 6.28. The molecular formula is C23H23ClO5. The standard InChI is InChI=1S/C23H23ClO5/c1-14-10-19-17(12-23(26)29-21(19)11-15(14)2)13-28-22(25)5-4-8-27-20-7-6-18(24)9-16(20)3/h6-7,9-12H,4-5,8,13H2,1-3H3. The lowest BCUT2D eigenvalue weighted by atomic mass is 10.0. The van der Waals surface area contributed by atoms with E-state index >= 15 is 0 Å². The highest BCUT2D eigenvalue weighted by Gasteiger charge is 2.11. The Morgan fingerprint density at radius 2 is 1.79 bits per heavy atom. The first-order valence-electron chi connectivity index (χ1n) is 9.42. The lowest BCUT2D eigenvalue weighted by Gasteiger charge is -2.10. The fourth-order valence-electron chi connectivity index (χ4n) is 3.01. The predicted octanol–water partition coefficient (Wildman–Crippen LogP) is 5.27. The van der Waals surface area contributed by atoms with E-state index < -0.39 is 5.63 Å². The van der Waals surface area contributed by atoms with E-state index in [1.807, 2.05) is 45.0 Å². The van der Waals surface area contributed by atoms with Gasteiger partial charge in [-0.05, 0) is 74.2 Å². The fraction of sp³-hybridized carbons (Fsp3) is 0.304. The minimum atomic E-state index is -0.460. The summed E-state index contributed by atoms with van der Waals surface area (Å²) in [5, 5.41) is 1.44. The number of fused-ring (bicyclic) bond motifs is 1. The molecule has 0 bridgehead atoms. The summed E-state index contributed by atoms with van der Waals surface area (Å²) in [7, 11) is 0. The first-order valence-corrected chi connectivity index (χ1v) is 9.80. The van der Waals surface area contributed by atoms with Crippen LogP contribution in [0.2, 0.25) is 5.02 Å². The topological polar surface area (TPSA) is 65.7 Å². The zero-order chi connectivity index (χ0) is 21.0. The van der Waals surface area contributed by atoms with Gasteiger partial charge in [-0.25, -0.2) is 4.79 Å². The average Bonchev–Trinajstić information content (AvgIpc) is 2.66. The van der Waals surface area contributed by atoms with Crippen molar-refractivity contribution >= 4 is 28.5 Å². The third-order valence-electron chi connectivity index (χ3n) is 4.75. The number of carbonyl (C=O) groups is 1. The van der Waals surface area contributed by atoms with E-state index in [1.165, 1.54) is 6.07 Å². The molecule has 0 saturated heterocycles. The van der Waals surface area contributed by atoms with Gasteiger partial charge in [-0.15, -0.1) is 0 Å². The lowest BCUT2D eigenvalue weighted by Crippen LogP contribution is -2.09. The van der Waals surface area contributed by atoms with Crippen LogP contribution in [0, 0.1) is 20.8 Å². The minimum absolute atomic E-state index is 0.0284. The van der Waals surface area contributed by atoms with Gasteiger partial charge < -0.3 is 13.9 Å². The van der Waals surface area contributed by atoms with Crippen molar-refractivity contribution in [1.29, 1.82) is 0 Å². The van der Waals surface area contributed by atoms with Crippen molar-refractivity contribution < 1.29 is 18.7 Å². The van der Waals surface area contributed by atoms with Gasteiger partial charge in [-0.3, -0.25) is 4.79 Å². The van der Waals surface area contributed by atoms with Crippen molar-refractivity contribution in [3.8, 4) is 5.75 Å². The van der Waals surface area contributed by atoms with Gasteiger partial charge in [0.25, 0.3) is 0 Å². The van der Waals surface area contributed by atoms with Crippen LogP contribution >= 0.6 is 11.6 Å². The monoisotopic (exact) mass is 414 g/mol. The van der Waals surface area contributed by atoms with Crippen LogP contribution in [-0.2, 0) is 16.1 Å². The number of aryl methyl sites for hydroxylation is 3. The predicted molar refractivity (Wildman–Crippen MR) is 113 cm³/mol. The van der Waals surface area contributed by atoms with Gasteiger partial charge in [-0.1, -0.05) is 11.6 Å². The molecule has 0 N–H and O–H groups in total. The van der Waals surface area contributed by atoms with Gasteiger partial charge in [0.2, 0.25) is 0 Å². The Kier molecular flexibility index (Phi) is 6.60. The highest BCUT2D eigenvalue weighted by molar-refractivity contribution is 6.30. The Bertz CT molecular complexity index is 1100. The fourth-order valence-corrected chi connectivity index (χ4v) is 3.23. The molecule has 5 nitrogen and oxygen atoms in total. The SMILES string of the molecule is Cc1cc2oc(=O)cc(COC(=O)CCCOc3ccc(Cl)cc3C)c2cc1C. The second-order valence-electron chi connectivity index (χ2n) is 7.05. The molecule has 1 aromatic heterocycles. The molecule has 29 heavy (non-hydrogen) atoms. The van der Waals surface area contributed by atoms with Gasteiger partial charge in [0.05, 0.1) is 6.61 Å². The first kappa shape index (κ1) is 20.9. The molecule has 0 fully saturated rings. The Morgan fingerprint density at radius 1 is 1.03 bits per heavy atom. The average molecular weight is 415 g/mol. The van der Waals surface area contributed by atoms with Crippen molar-refractivity contribution in [3.05, 3.63) is 74.1 Å². The Morgan fingerprint density at radius 3 is 2.55 bits per heavy atom. The van der Waals surface area contributed by atoms with Gasteiger partial charge in [0.1, 0.15) is 17.9 Å². The summed E-state index contributed by atoms with van der Waals surface area (Å²) < 4.78 is 16.3. The summed E-state index contributed by atoms with van der Waals surface area (Å²) in [5.74, 6) is 0.405. The van der Waals surface area contributed by atoms with Crippen LogP contribution in [0.4, 0.5) is 0 Å². The maximum Gasteiger partial charge on any atom is 0.336 e. The summed E-state index contributed by atoms with van der Waals surface area (Å²) in [6, 6.07) is 10.5. The van der Waals surface area contributed by atoms with Crippen LogP contribution < -0.4 is 10.4 Å². The number of benzene rings is 2. The number of ether oxygens (including phenoxy) is 2. The molecule has 152 valence electrons. The van der Waals surface area contributed by atoms with Crippen LogP contribution in [0.1, 0.15) is 35.1 Å². The maximum atomic E-state index is 12.1. The number of hydrogen-bond acceptors (Lipinski definition) is 5. The van der Waals surface area contributed by atoms with E-state index in [0.29, 0.717) is 29.2 Å². The smallest absolute Gasteiger partial charge is 0.336 e. The normalized spacial score (nSPS) is 10.9. The molecule has 3 rings (SSSR count). The first-order chi connectivity index (χ1) is 13.8. The zero-order valence-electron chi connectivity index (χ0n) is 16.7. The number of carbonyl (C=O) groups excluding carboxylic acids is 1. The Balaban J connectivity index is 1.54. The van der Waals surface area contributed by atoms with Crippen molar-refractivity contribution in [2.75, 3.05) is 6.61 Å². The summed E-state index contributed by atoms with van der Waals surface area (Å²) >= 11 is 5.93. The molecule has 0 unspecified atom stereocenters. The van der Waals surface area contributed by atoms with Gasteiger partial charge in [0, 0.05) is 28.5 Å². The molecule has 0 saturated carbocycles. The van der Waals surface area contributed by atoms with E-state index in [9.17, 15) is 9.59 Å². The highest BCUT2D eigenvalue weighted by Crippen LogP contribution is 2.23. The summed E-state index contributed by atoms with van der Waals surface area (Å²) in [6.07, 6.45) is 0.751. The van der Waals surface area contributed by atoms with Gasteiger partial charge in [-0.2, -0.15) is 0 Å². The van der Waals surface area contributed by atoms with E-state index in [1.54, 1.807) is 6.07 Å². The van der Waals surface area contributed by atoms with Crippen LogP contribution in [0.5, 0.6) is 5.75 Å². The lowest BCUT2D eigenvalue weighted by molar-refractivity contribution is -0.145. The minimum Gasteiger partial charge on any atom is -0.493 e. The van der Waals surface area contributed by atoms with Crippen molar-refractivity contribution in [1.82, 2.24) is 0 Å². The summed E-state index contributed by atoms with van der Waals surface area (Å²) in [5.41, 5.74) is 3.73. The third-order valence-corrected chi connectivity index (χ3v) is 4.99. The maximum absolute atomic E-state index is 12.1. The van der Waals surface area contributed by atoms with Crippen molar-refractivity contribution in [2.24, 2.45) is 0 Å². The molecule has 0 amide bonds. The van der Waals surface area contributed by atoms with Gasteiger partial charge in [0.15, 0.2) is 0 Å². The van der Waals surface area contributed by atoms with E-state index in [-0.39, 0.29) is 19.0 Å². The van der Waals surface area contributed by atoms with E-state index in [2.05, 4.69) is 0 Å². The summed E-state index contributed by atoms with van der Waals surface area (Å²) in [4.78, 5) is 23.9. The molecule has 0 aliphatic carbocycles. The molecule has 0 radical (unpaired) electrons.